The molecule has 0 fully saturated rings. The third kappa shape index (κ3) is 5.28. The molecule has 1 atom stereocenters. The maximum absolute atomic E-state index is 13.8. The minimum atomic E-state index is -4.81. The summed E-state index contributed by atoms with van der Waals surface area (Å²) < 4.78 is 42.1. The van der Waals surface area contributed by atoms with E-state index >= 15 is 0 Å². The number of aromatic nitrogens is 2. The monoisotopic (exact) mass is 464 g/mol. The van der Waals surface area contributed by atoms with Gasteiger partial charge in [-0.2, -0.15) is 18.3 Å². The molecule has 6 nitrogen and oxygen atoms in total. The van der Waals surface area contributed by atoms with Crippen molar-refractivity contribution in [1.29, 1.82) is 0 Å². The van der Waals surface area contributed by atoms with Gasteiger partial charge in [0.2, 0.25) is 5.91 Å². The molecule has 2 aromatic carbocycles. The van der Waals surface area contributed by atoms with Crippen LogP contribution >= 0.6 is 11.6 Å². The molecule has 1 unspecified atom stereocenters. The van der Waals surface area contributed by atoms with Gasteiger partial charge in [-0.05, 0) is 48.9 Å². The minimum Gasteiger partial charge on any atom is -0.345 e. The van der Waals surface area contributed by atoms with Crippen molar-refractivity contribution in [2.75, 3.05) is 5.32 Å². The lowest BCUT2D eigenvalue weighted by molar-refractivity contribution is -0.143. The molecule has 0 aliphatic rings. The third-order valence-electron chi connectivity index (χ3n) is 4.72. The number of amides is 2. The van der Waals surface area contributed by atoms with Crippen molar-refractivity contribution in [3.05, 3.63) is 76.6 Å². The number of carbonyl (C=O) groups excluding carboxylic acids is 2. The standard InChI is InChI=1S/C22H20ClF3N4O2/c1-3-19(31)29-16-8-4-14(5-9-16)13(2)28-21(32)18-12-27-30(20(18)22(24,25)26)17-10-6-15(23)7-11-17/h4-13H,3H2,1-2H3,(H,28,32)(H,29,31). The number of halogens is 4. The van der Waals surface area contributed by atoms with E-state index in [-0.39, 0.29) is 11.6 Å². The first-order valence-electron chi connectivity index (χ1n) is 9.72. The summed E-state index contributed by atoms with van der Waals surface area (Å²) in [5.74, 6) is -1.05. The number of rotatable bonds is 6. The molecule has 0 aliphatic heterocycles. The first kappa shape index (κ1) is 23.3. The van der Waals surface area contributed by atoms with Crippen molar-refractivity contribution in [1.82, 2.24) is 15.1 Å². The molecule has 168 valence electrons. The normalized spacial score (nSPS) is 12.3. The highest BCUT2D eigenvalue weighted by atomic mass is 35.5. The van der Waals surface area contributed by atoms with Crippen LogP contribution in [0.2, 0.25) is 5.02 Å². The number of anilines is 1. The quantitative estimate of drug-likeness (QED) is 0.514. The van der Waals surface area contributed by atoms with Crippen LogP contribution in [0, 0.1) is 0 Å². The van der Waals surface area contributed by atoms with Gasteiger partial charge in [-0.15, -0.1) is 0 Å². The van der Waals surface area contributed by atoms with Gasteiger partial charge >= 0.3 is 6.18 Å². The molecule has 10 heteroatoms. The summed E-state index contributed by atoms with van der Waals surface area (Å²) in [6.45, 7) is 3.37. The van der Waals surface area contributed by atoms with E-state index in [0.717, 1.165) is 6.20 Å². The van der Waals surface area contributed by atoms with E-state index in [1.807, 2.05) is 0 Å². The number of benzene rings is 2. The molecule has 3 rings (SSSR count). The van der Waals surface area contributed by atoms with Gasteiger partial charge in [-0.25, -0.2) is 4.68 Å². The predicted molar refractivity (Wildman–Crippen MR) is 115 cm³/mol. The maximum Gasteiger partial charge on any atom is 0.434 e. The molecule has 0 spiro atoms. The Morgan fingerprint density at radius 1 is 1.09 bits per heavy atom. The third-order valence-corrected chi connectivity index (χ3v) is 4.97. The highest BCUT2D eigenvalue weighted by Crippen LogP contribution is 2.34. The van der Waals surface area contributed by atoms with E-state index in [2.05, 4.69) is 15.7 Å². The molecule has 0 saturated heterocycles. The smallest absolute Gasteiger partial charge is 0.345 e. The Balaban J connectivity index is 1.83. The molecule has 0 saturated carbocycles. The Bertz CT molecular complexity index is 1110. The Kier molecular flexibility index (Phi) is 6.88. The lowest BCUT2D eigenvalue weighted by Gasteiger charge is -2.16. The summed E-state index contributed by atoms with van der Waals surface area (Å²) in [6.07, 6.45) is -3.59. The fourth-order valence-corrected chi connectivity index (χ4v) is 3.15. The molecule has 32 heavy (non-hydrogen) atoms. The average Bonchev–Trinajstić information content (AvgIpc) is 3.20. The van der Waals surface area contributed by atoms with E-state index in [1.54, 1.807) is 38.1 Å². The van der Waals surface area contributed by atoms with Gasteiger partial charge in [-0.1, -0.05) is 30.7 Å². The van der Waals surface area contributed by atoms with Gasteiger partial charge < -0.3 is 10.6 Å². The summed E-state index contributed by atoms with van der Waals surface area (Å²) in [5, 5.41) is 9.42. The second-order valence-corrected chi connectivity index (χ2v) is 7.45. The van der Waals surface area contributed by atoms with Crippen LogP contribution in [0.1, 0.15) is 47.9 Å². The molecular formula is C22H20ClF3N4O2. The van der Waals surface area contributed by atoms with E-state index in [1.165, 1.54) is 24.3 Å². The van der Waals surface area contributed by atoms with Gasteiger partial charge in [0.25, 0.3) is 5.91 Å². The second kappa shape index (κ2) is 9.44. The summed E-state index contributed by atoms with van der Waals surface area (Å²) >= 11 is 5.81. The molecule has 0 aliphatic carbocycles. The number of carbonyl (C=O) groups is 2. The number of nitrogens with zero attached hydrogens (tertiary/aromatic N) is 2. The van der Waals surface area contributed by atoms with Crippen LogP contribution in [0.3, 0.4) is 0 Å². The van der Waals surface area contributed by atoms with Crippen molar-refractivity contribution < 1.29 is 22.8 Å². The zero-order valence-electron chi connectivity index (χ0n) is 17.2. The summed E-state index contributed by atoms with van der Waals surface area (Å²) in [7, 11) is 0. The SMILES string of the molecule is CCC(=O)Nc1ccc(C(C)NC(=O)c2cnn(-c3ccc(Cl)cc3)c2C(F)(F)F)cc1. The molecule has 3 aromatic rings. The summed E-state index contributed by atoms with van der Waals surface area (Å²) in [5.41, 5.74) is -0.402. The largest absolute Gasteiger partial charge is 0.434 e. The molecule has 1 aromatic heterocycles. The van der Waals surface area contributed by atoms with Crippen molar-refractivity contribution >= 4 is 29.1 Å². The summed E-state index contributed by atoms with van der Waals surface area (Å²) in [6, 6.07) is 11.7. The molecule has 1 heterocycles. The number of alkyl halides is 3. The van der Waals surface area contributed by atoms with Gasteiger partial charge in [0, 0.05) is 17.1 Å². The Labute approximate surface area is 187 Å². The number of hydrogen-bond acceptors (Lipinski definition) is 3. The van der Waals surface area contributed by atoms with E-state index < -0.39 is 29.4 Å². The van der Waals surface area contributed by atoms with Crippen LogP contribution in [-0.2, 0) is 11.0 Å². The molecular weight excluding hydrogens is 445 g/mol. The Morgan fingerprint density at radius 2 is 1.72 bits per heavy atom. The van der Waals surface area contributed by atoms with E-state index in [4.69, 9.17) is 11.6 Å². The number of nitrogens with one attached hydrogen (secondary N) is 2. The van der Waals surface area contributed by atoms with Crippen LogP contribution in [0.25, 0.3) is 5.69 Å². The topological polar surface area (TPSA) is 76.0 Å². The van der Waals surface area contributed by atoms with Crippen LogP contribution < -0.4 is 10.6 Å². The zero-order chi connectivity index (χ0) is 23.5. The van der Waals surface area contributed by atoms with Gasteiger partial charge in [0.15, 0.2) is 5.69 Å². The fourth-order valence-electron chi connectivity index (χ4n) is 3.03. The van der Waals surface area contributed by atoms with Crippen LogP contribution in [0.5, 0.6) is 0 Å². The summed E-state index contributed by atoms with van der Waals surface area (Å²) in [4.78, 5) is 24.2. The lowest BCUT2D eigenvalue weighted by atomic mass is 10.1. The first-order chi connectivity index (χ1) is 15.1. The highest BCUT2D eigenvalue weighted by molar-refractivity contribution is 6.30. The van der Waals surface area contributed by atoms with E-state index in [9.17, 15) is 22.8 Å². The Morgan fingerprint density at radius 3 is 2.28 bits per heavy atom. The van der Waals surface area contributed by atoms with Crippen LogP contribution in [0.15, 0.2) is 54.7 Å². The molecule has 0 bridgehead atoms. The van der Waals surface area contributed by atoms with Crippen LogP contribution in [0.4, 0.5) is 18.9 Å². The van der Waals surface area contributed by atoms with Crippen molar-refractivity contribution in [3.8, 4) is 5.69 Å². The van der Waals surface area contributed by atoms with Crippen LogP contribution in [-0.4, -0.2) is 21.6 Å². The van der Waals surface area contributed by atoms with Gasteiger partial charge in [0.1, 0.15) is 0 Å². The minimum absolute atomic E-state index is 0.124. The van der Waals surface area contributed by atoms with E-state index in [0.29, 0.717) is 27.4 Å². The maximum atomic E-state index is 13.8. The molecule has 2 amide bonds. The van der Waals surface area contributed by atoms with Crippen molar-refractivity contribution in [2.45, 2.75) is 32.5 Å². The number of hydrogen-bond donors (Lipinski definition) is 2. The highest BCUT2D eigenvalue weighted by Gasteiger charge is 2.40. The van der Waals surface area contributed by atoms with Gasteiger partial charge in [-0.3, -0.25) is 9.59 Å². The second-order valence-electron chi connectivity index (χ2n) is 7.01. The average molecular weight is 465 g/mol. The zero-order valence-corrected chi connectivity index (χ0v) is 18.0. The fraction of sp³-hybridized carbons (Fsp3) is 0.227. The molecule has 2 N–H and O–H groups in total. The van der Waals surface area contributed by atoms with Crippen molar-refractivity contribution in [3.63, 3.8) is 0 Å². The first-order valence-corrected chi connectivity index (χ1v) is 10.1. The molecule has 0 radical (unpaired) electrons. The van der Waals surface area contributed by atoms with Gasteiger partial charge in [0.05, 0.1) is 23.5 Å². The van der Waals surface area contributed by atoms with Crippen molar-refractivity contribution in [2.24, 2.45) is 0 Å². The predicted octanol–water partition coefficient (Wildman–Crippen LogP) is 5.38. The Hall–Kier alpha value is -3.33. The lowest BCUT2D eigenvalue weighted by Crippen LogP contribution is -2.29.